The van der Waals surface area contributed by atoms with E-state index >= 15 is 0 Å². The molecule has 0 saturated heterocycles. The van der Waals surface area contributed by atoms with E-state index in [1.54, 1.807) is 0 Å². The molecule has 0 heterocycles. The Balaban J connectivity index is 1.98. The van der Waals surface area contributed by atoms with Crippen LogP contribution >= 0.6 is 11.8 Å². The summed E-state index contributed by atoms with van der Waals surface area (Å²) < 4.78 is 4.52. The average molecular weight is 289 g/mol. The third-order valence-corrected chi connectivity index (χ3v) is 3.65. The van der Waals surface area contributed by atoms with E-state index in [-0.39, 0.29) is 23.4 Å². The number of amides is 1. The highest BCUT2D eigenvalue weighted by Gasteiger charge is 2.07. The van der Waals surface area contributed by atoms with Crippen molar-refractivity contribution < 1.29 is 14.3 Å². The SMILES string of the molecule is COC(=O)CSCC(=O)Nc1cccc2ccccc12. The molecule has 0 saturated carbocycles. The van der Waals surface area contributed by atoms with Crippen LogP contribution in [0.15, 0.2) is 42.5 Å². The first-order chi connectivity index (χ1) is 9.70. The second-order valence-electron chi connectivity index (χ2n) is 4.14. The first-order valence-corrected chi connectivity index (χ1v) is 7.28. The molecule has 104 valence electrons. The Morgan fingerprint density at radius 2 is 1.85 bits per heavy atom. The van der Waals surface area contributed by atoms with Crippen molar-refractivity contribution in [1.29, 1.82) is 0 Å². The maximum atomic E-state index is 11.8. The fourth-order valence-electron chi connectivity index (χ4n) is 1.81. The summed E-state index contributed by atoms with van der Waals surface area (Å²) in [5.41, 5.74) is 0.784. The summed E-state index contributed by atoms with van der Waals surface area (Å²) in [5.74, 6) is -0.0548. The fourth-order valence-corrected chi connectivity index (χ4v) is 2.45. The van der Waals surface area contributed by atoms with Gasteiger partial charge in [-0.05, 0) is 11.5 Å². The van der Waals surface area contributed by atoms with Gasteiger partial charge in [0.05, 0.1) is 18.6 Å². The first-order valence-electron chi connectivity index (χ1n) is 6.13. The third-order valence-electron chi connectivity index (χ3n) is 2.74. The van der Waals surface area contributed by atoms with Gasteiger partial charge < -0.3 is 10.1 Å². The third kappa shape index (κ3) is 3.74. The minimum absolute atomic E-state index is 0.129. The van der Waals surface area contributed by atoms with E-state index in [1.807, 2.05) is 42.5 Å². The number of hydrogen-bond donors (Lipinski definition) is 1. The molecule has 0 radical (unpaired) electrons. The Morgan fingerprint density at radius 1 is 1.10 bits per heavy atom. The van der Waals surface area contributed by atoms with Crippen molar-refractivity contribution in [3.05, 3.63) is 42.5 Å². The standard InChI is InChI=1S/C15H15NO3S/c1-19-15(18)10-20-9-14(17)16-13-8-4-6-11-5-2-3-7-12(11)13/h2-8H,9-10H2,1H3,(H,16,17). The van der Waals surface area contributed by atoms with E-state index in [0.717, 1.165) is 16.5 Å². The number of benzene rings is 2. The summed E-state index contributed by atoms with van der Waals surface area (Å²) in [6, 6.07) is 13.6. The molecule has 4 nitrogen and oxygen atoms in total. The molecule has 0 fully saturated rings. The van der Waals surface area contributed by atoms with E-state index in [2.05, 4.69) is 10.1 Å². The van der Waals surface area contributed by atoms with Gasteiger partial charge in [0.25, 0.3) is 0 Å². The molecule has 2 rings (SSSR count). The molecule has 0 spiro atoms. The summed E-state index contributed by atoms with van der Waals surface area (Å²) in [4.78, 5) is 22.8. The topological polar surface area (TPSA) is 55.4 Å². The Bertz CT molecular complexity index is 622. The van der Waals surface area contributed by atoms with Crippen LogP contribution in [-0.4, -0.2) is 30.5 Å². The maximum absolute atomic E-state index is 11.8. The molecule has 2 aromatic rings. The van der Waals surface area contributed by atoms with Crippen LogP contribution in [0.2, 0.25) is 0 Å². The molecule has 0 aliphatic rings. The molecule has 1 N–H and O–H groups in total. The summed E-state index contributed by atoms with van der Waals surface area (Å²) in [6.07, 6.45) is 0. The Hall–Kier alpha value is -2.01. The number of anilines is 1. The molecule has 2 aromatic carbocycles. The molecule has 0 aliphatic heterocycles. The van der Waals surface area contributed by atoms with Crippen molar-refractivity contribution in [3.63, 3.8) is 0 Å². The number of methoxy groups -OCH3 is 1. The lowest BCUT2D eigenvalue weighted by Gasteiger charge is -2.08. The number of carbonyl (C=O) groups excluding carboxylic acids is 2. The van der Waals surface area contributed by atoms with Crippen LogP contribution in [0, 0.1) is 0 Å². The van der Waals surface area contributed by atoms with Gasteiger partial charge >= 0.3 is 5.97 Å². The summed E-state index contributed by atoms with van der Waals surface area (Å²) in [6.45, 7) is 0. The quantitative estimate of drug-likeness (QED) is 0.860. The normalized spacial score (nSPS) is 10.2. The second-order valence-corrected chi connectivity index (χ2v) is 5.13. The van der Waals surface area contributed by atoms with Gasteiger partial charge in [0.2, 0.25) is 5.91 Å². The van der Waals surface area contributed by atoms with Crippen LogP contribution in [-0.2, 0) is 14.3 Å². The monoisotopic (exact) mass is 289 g/mol. The van der Waals surface area contributed by atoms with Crippen molar-refractivity contribution in [3.8, 4) is 0 Å². The van der Waals surface area contributed by atoms with E-state index in [9.17, 15) is 9.59 Å². The Labute approximate surface area is 121 Å². The largest absolute Gasteiger partial charge is 0.468 e. The Kier molecular flexibility index (Phi) is 5.01. The van der Waals surface area contributed by atoms with E-state index in [4.69, 9.17) is 0 Å². The van der Waals surface area contributed by atoms with Crippen molar-refractivity contribution in [2.75, 3.05) is 23.9 Å². The zero-order valence-corrected chi connectivity index (χ0v) is 11.9. The highest BCUT2D eigenvalue weighted by Crippen LogP contribution is 2.23. The molecule has 0 bridgehead atoms. The van der Waals surface area contributed by atoms with Crippen LogP contribution in [0.3, 0.4) is 0 Å². The number of esters is 1. The maximum Gasteiger partial charge on any atom is 0.315 e. The van der Waals surface area contributed by atoms with Gasteiger partial charge in [0.1, 0.15) is 0 Å². The average Bonchev–Trinajstić information content (AvgIpc) is 2.47. The predicted molar refractivity (Wildman–Crippen MR) is 81.9 cm³/mol. The van der Waals surface area contributed by atoms with Gasteiger partial charge in [0, 0.05) is 11.1 Å². The summed E-state index contributed by atoms with van der Waals surface area (Å²) in [5, 5.41) is 4.94. The number of fused-ring (bicyclic) bond motifs is 1. The number of thioether (sulfide) groups is 1. The molecule has 0 unspecified atom stereocenters. The highest BCUT2D eigenvalue weighted by molar-refractivity contribution is 8.00. The van der Waals surface area contributed by atoms with Crippen LogP contribution in [0.4, 0.5) is 5.69 Å². The summed E-state index contributed by atoms with van der Waals surface area (Å²) >= 11 is 1.23. The number of carbonyl (C=O) groups is 2. The van der Waals surface area contributed by atoms with E-state index < -0.39 is 0 Å². The lowest BCUT2D eigenvalue weighted by atomic mass is 10.1. The van der Waals surface area contributed by atoms with Crippen molar-refractivity contribution in [1.82, 2.24) is 0 Å². The van der Waals surface area contributed by atoms with Gasteiger partial charge in [-0.3, -0.25) is 9.59 Å². The molecule has 5 heteroatoms. The molecule has 20 heavy (non-hydrogen) atoms. The van der Waals surface area contributed by atoms with Crippen LogP contribution in [0.25, 0.3) is 10.8 Å². The molecule has 1 amide bonds. The lowest BCUT2D eigenvalue weighted by Crippen LogP contribution is -2.16. The molecule has 0 atom stereocenters. The van der Waals surface area contributed by atoms with Gasteiger partial charge in [-0.2, -0.15) is 0 Å². The first kappa shape index (κ1) is 14.4. The van der Waals surface area contributed by atoms with Gasteiger partial charge in [0.15, 0.2) is 0 Å². The second kappa shape index (κ2) is 6.96. The molecular formula is C15H15NO3S. The van der Waals surface area contributed by atoms with Gasteiger partial charge in [-0.25, -0.2) is 0 Å². The summed E-state index contributed by atoms with van der Waals surface area (Å²) in [7, 11) is 1.33. The number of nitrogens with one attached hydrogen (secondary N) is 1. The van der Waals surface area contributed by atoms with E-state index in [0.29, 0.717) is 0 Å². The van der Waals surface area contributed by atoms with Crippen LogP contribution in [0.1, 0.15) is 0 Å². The Morgan fingerprint density at radius 3 is 2.65 bits per heavy atom. The number of hydrogen-bond acceptors (Lipinski definition) is 4. The minimum atomic E-state index is -0.326. The zero-order chi connectivity index (χ0) is 14.4. The predicted octanol–water partition coefficient (Wildman–Crippen LogP) is 2.68. The molecular weight excluding hydrogens is 274 g/mol. The van der Waals surface area contributed by atoms with Crippen molar-refractivity contribution in [2.45, 2.75) is 0 Å². The number of rotatable bonds is 5. The lowest BCUT2D eigenvalue weighted by molar-refractivity contribution is -0.137. The minimum Gasteiger partial charge on any atom is -0.468 e. The number of ether oxygens (including phenoxy) is 1. The highest BCUT2D eigenvalue weighted by atomic mass is 32.2. The zero-order valence-electron chi connectivity index (χ0n) is 11.1. The van der Waals surface area contributed by atoms with E-state index in [1.165, 1.54) is 18.9 Å². The molecule has 0 aliphatic carbocycles. The van der Waals surface area contributed by atoms with Crippen molar-refractivity contribution >= 4 is 40.1 Å². The smallest absolute Gasteiger partial charge is 0.315 e. The molecule has 0 aromatic heterocycles. The van der Waals surface area contributed by atoms with Crippen molar-refractivity contribution in [2.24, 2.45) is 0 Å². The van der Waals surface area contributed by atoms with Crippen LogP contribution in [0.5, 0.6) is 0 Å². The fraction of sp³-hybridized carbons (Fsp3) is 0.200. The van der Waals surface area contributed by atoms with Crippen LogP contribution < -0.4 is 5.32 Å². The van der Waals surface area contributed by atoms with Gasteiger partial charge in [-0.1, -0.05) is 36.4 Å². The van der Waals surface area contributed by atoms with Gasteiger partial charge in [-0.15, -0.1) is 11.8 Å².